The normalized spacial score (nSPS) is 10.8. The summed E-state index contributed by atoms with van der Waals surface area (Å²) in [6.07, 6.45) is -0.224. The van der Waals surface area contributed by atoms with Crippen molar-refractivity contribution in [2.75, 3.05) is 0 Å². The van der Waals surface area contributed by atoms with Crippen LogP contribution in [0.25, 0.3) is 0 Å². The number of nitriles is 1. The number of hydrogen-bond donors (Lipinski definition) is 0. The molecule has 23 heavy (non-hydrogen) atoms. The predicted molar refractivity (Wildman–Crippen MR) is 81.4 cm³/mol. The first kappa shape index (κ1) is 16.5. The molecule has 0 bridgehead atoms. The van der Waals surface area contributed by atoms with Gasteiger partial charge in [0.15, 0.2) is 0 Å². The van der Waals surface area contributed by atoms with Crippen LogP contribution in [0.1, 0.15) is 11.1 Å². The maximum Gasteiger partial charge on any atom is 0.339 e. The summed E-state index contributed by atoms with van der Waals surface area (Å²) in [7, 11) is -4.05. The van der Waals surface area contributed by atoms with Gasteiger partial charge in [-0.25, -0.2) is 0 Å². The summed E-state index contributed by atoms with van der Waals surface area (Å²) >= 11 is 0. The molecule has 2 aromatic carbocycles. The third kappa shape index (κ3) is 3.84. The first-order chi connectivity index (χ1) is 10.8. The van der Waals surface area contributed by atoms with Crippen molar-refractivity contribution in [2.45, 2.75) is 18.2 Å². The van der Waals surface area contributed by atoms with Gasteiger partial charge in [0.2, 0.25) is 0 Å². The van der Waals surface area contributed by atoms with Gasteiger partial charge in [0.1, 0.15) is 10.6 Å². The molecule has 7 nitrogen and oxygen atoms in total. The van der Waals surface area contributed by atoms with Gasteiger partial charge in [0, 0.05) is 11.6 Å². The van der Waals surface area contributed by atoms with Crippen LogP contribution >= 0.6 is 0 Å². The minimum atomic E-state index is -4.05. The van der Waals surface area contributed by atoms with Crippen LogP contribution in [0, 0.1) is 28.4 Å². The molecule has 0 aliphatic carbocycles. The molecule has 2 rings (SSSR count). The van der Waals surface area contributed by atoms with E-state index in [0.717, 1.165) is 11.6 Å². The number of rotatable bonds is 5. The highest BCUT2D eigenvalue weighted by Gasteiger charge is 2.19. The van der Waals surface area contributed by atoms with Crippen LogP contribution in [0.5, 0.6) is 5.75 Å². The van der Waals surface area contributed by atoms with Crippen LogP contribution in [0.2, 0.25) is 0 Å². The number of nitrogens with zero attached hydrogens (tertiary/aromatic N) is 2. The Hall–Kier alpha value is -2.92. The Labute approximate surface area is 133 Å². The summed E-state index contributed by atoms with van der Waals surface area (Å²) in [5.41, 5.74) is 0.733. The van der Waals surface area contributed by atoms with Gasteiger partial charge in [-0.05, 0) is 31.2 Å². The fourth-order valence-corrected chi connectivity index (χ4v) is 2.82. The lowest BCUT2D eigenvalue weighted by molar-refractivity contribution is -0.385. The van der Waals surface area contributed by atoms with Crippen LogP contribution < -0.4 is 4.18 Å². The van der Waals surface area contributed by atoms with E-state index in [0.29, 0.717) is 0 Å². The Kier molecular flexibility index (Phi) is 4.62. The summed E-state index contributed by atoms with van der Waals surface area (Å²) < 4.78 is 29.3. The highest BCUT2D eigenvalue weighted by molar-refractivity contribution is 7.87. The van der Waals surface area contributed by atoms with Crippen LogP contribution in [0.15, 0.2) is 47.4 Å². The first-order valence-electron chi connectivity index (χ1n) is 6.49. The lowest BCUT2D eigenvalue weighted by Crippen LogP contribution is -2.10. The van der Waals surface area contributed by atoms with Gasteiger partial charge in [-0.1, -0.05) is 17.7 Å². The molecule has 0 aliphatic rings. The van der Waals surface area contributed by atoms with E-state index in [1.807, 2.05) is 6.92 Å². The second-order valence-electron chi connectivity index (χ2n) is 4.73. The molecule has 0 radical (unpaired) electrons. The Morgan fingerprint density at radius 2 is 1.87 bits per heavy atom. The molecule has 0 spiro atoms. The summed E-state index contributed by atoms with van der Waals surface area (Å²) in [6.45, 7) is 1.82. The summed E-state index contributed by atoms with van der Waals surface area (Å²) in [5, 5.41) is 19.6. The summed E-state index contributed by atoms with van der Waals surface area (Å²) in [5.74, 6) is -0.0820. The highest BCUT2D eigenvalue weighted by atomic mass is 32.2. The molecular weight excluding hydrogens is 320 g/mol. The van der Waals surface area contributed by atoms with Crippen LogP contribution in [0.4, 0.5) is 5.69 Å². The monoisotopic (exact) mass is 332 g/mol. The molecule has 0 aromatic heterocycles. The molecule has 0 saturated heterocycles. The quantitative estimate of drug-likeness (QED) is 0.473. The first-order valence-corrected chi connectivity index (χ1v) is 7.90. The topological polar surface area (TPSA) is 110 Å². The van der Waals surface area contributed by atoms with Crippen molar-refractivity contribution in [1.29, 1.82) is 5.26 Å². The maximum atomic E-state index is 12.2. The Bertz CT molecular complexity index is 883. The SMILES string of the molecule is Cc1ccc(S(=O)(=O)Oc2ccc([N+](=O)[O-])c(CC#N)c2)cc1. The van der Waals surface area contributed by atoms with Crippen LogP contribution in [0.3, 0.4) is 0 Å². The number of benzene rings is 2. The van der Waals surface area contributed by atoms with Gasteiger partial charge >= 0.3 is 10.1 Å². The zero-order chi connectivity index (χ0) is 17.0. The van der Waals surface area contributed by atoms with Gasteiger partial charge in [0.05, 0.1) is 17.4 Å². The van der Waals surface area contributed by atoms with E-state index < -0.39 is 15.0 Å². The Morgan fingerprint density at radius 3 is 2.43 bits per heavy atom. The van der Waals surface area contributed by atoms with Crippen molar-refractivity contribution in [2.24, 2.45) is 0 Å². The lowest BCUT2D eigenvalue weighted by Gasteiger charge is -2.08. The van der Waals surface area contributed by atoms with Crippen molar-refractivity contribution in [3.05, 3.63) is 63.7 Å². The van der Waals surface area contributed by atoms with Crippen molar-refractivity contribution in [3.8, 4) is 11.8 Å². The number of nitro benzene ring substituents is 1. The zero-order valence-electron chi connectivity index (χ0n) is 12.1. The fourth-order valence-electron chi connectivity index (χ4n) is 1.90. The third-order valence-corrected chi connectivity index (χ3v) is 4.29. The van der Waals surface area contributed by atoms with Crippen molar-refractivity contribution in [3.63, 3.8) is 0 Å². The fraction of sp³-hybridized carbons (Fsp3) is 0.133. The van der Waals surface area contributed by atoms with E-state index in [2.05, 4.69) is 0 Å². The number of hydrogen-bond acceptors (Lipinski definition) is 6. The van der Waals surface area contributed by atoms with E-state index in [4.69, 9.17) is 9.44 Å². The molecule has 0 aliphatic heterocycles. The molecule has 0 amide bonds. The minimum Gasteiger partial charge on any atom is -0.379 e. The van der Waals surface area contributed by atoms with Crippen LogP contribution in [-0.4, -0.2) is 13.3 Å². The van der Waals surface area contributed by atoms with E-state index in [1.54, 1.807) is 18.2 Å². The summed E-state index contributed by atoms with van der Waals surface area (Å²) in [6, 6.07) is 11.4. The molecule has 0 atom stereocenters. The molecule has 0 saturated carbocycles. The average molecular weight is 332 g/mol. The maximum absolute atomic E-state index is 12.2. The Morgan fingerprint density at radius 1 is 1.22 bits per heavy atom. The van der Waals surface area contributed by atoms with Gasteiger partial charge in [0.25, 0.3) is 5.69 Å². The highest BCUT2D eigenvalue weighted by Crippen LogP contribution is 2.26. The van der Waals surface area contributed by atoms with E-state index in [1.165, 1.54) is 24.3 Å². The second-order valence-corrected chi connectivity index (χ2v) is 6.28. The van der Waals surface area contributed by atoms with E-state index >= 15 is 0 Å². The van der Waals surface area contributed by atoms with Gasteiger partial charge in [-0.15, -0.1) is 0 Å². The number of nitro groups is 1. The van der Waals surface area contributed by atoms with Crippen molar-refractivity contribution >= 4 is 15.8 Å². The molecule has 0 unspecified atom stereocenters. The smallest absolute Gasteiger partial charge is 0.339 e. The Balaban J connectivity index is 2.36. The second kappa shape index (κ2) is 6.46. The largest absolute Gasteiger partial charge is 0.379 e. The van der Waals surface area contributed by atoms with Gasteiger partial charge in [-0.2, -0.15) is 13.7 Å². The minimum absolute atomic E-state index is 0.0247. The zero-order valence-corrected chi connectivity index (χ0v) is 12.9. The molecule has 118 valence electrons. The third-order valence-electron chi connectivity index (χ3n) is 3.03. The van der Waals surface area contributed by atoms with E-state index in [9.17, 15) is 18.5 Å². The molecule has 0 heterocycles. The lowest BCUT2D eigenvalue weighted by atomic mass is 10.1. The average Bonchev–Trinajstić information content (AvgIpc) is 2.47. The van der Waals surface area contributed by atoms with Gasteiger partial charge in [-0.3, -0.25) is 10.1 Å². The molecule has 8 heteroatoms. The molecule has 0 N–H and O–H groups in total. The summed E-state index contributed by atoms with van der Waals surface area (Å²) in [4.78, 5) is 10.2. The van der Waals surface area contributed by atoms with Crippen molar-refractivity contribution < 1.29 is 17.5 Å². The standard InChI is InChI=1S/C15H12N2O5S/c1-11-2-5-14(6-3-11)23(20,21)22-13-4-7-15(17(18)19)12(10-13)8-9-16/h2-7,10H,8H2,1H3. The van der Waals surface area contributed by atoms with Crippen molar-refractivity contribution in [1.82, 2.24) is 0 Å². The molecule has 0 fully saturated rings. The van der Waals surface area contributed by atoms with Crippen LogP contribution in [-0.2, 0) is 16.5 Å². The molecule has 2 aromatic rings. The predicted octanol–water partition coefficient (Wildman–Crippen LogP) is 2.74. The number of aryl methyl sites for hydroxylation is 1. The molecular formula is C15H12N2O5S. The van der Waals surface area contributed by atoms with Gasteiger partial charge < -0.3 is 4.18 Å². The van der Waals surface area contributed by atoms with E-state index in [-0.39, 0.29) is 28.3 Å².